The van der Waals surface area contributed by atoms with Gasteiger partial charge in [-0.1, -0.05) is 43.0 Å². The van der Waals surface area contributed by atoms with E-state index in [0.717, 1.165) is 24.0 Å². The van der Waals surface area contributed by atoms with Crippen LogP contribution in [0.1, 0.15) is 45.4 Å². The summed E-state index contributed by atoms with van der Waals surface area (Å²) in [6.07, 6.45) is 7.74. The maximum Gasteiger partial charge on any atom is 0.194 e. The van der Waals surface area contributed by atoms with Crippen LogP contribution in [0.15, 0.2) is 5.38 Å². The van der Waals surface area contributed by atoms with Crippen LogP contribution in [0.3, 0.4) is 0 Å². The van der Waals surface area contributed by atoms with Crippen molar-refractivity contribution in [3.05, 3.63) is 15.4 Å². The molecule has 2 rings (SSSR count). The number of halogens is 3. The SMILES string of the molecule is CCCCCN1CCC(CCOc2scc(Cl)c2Cl)CC1.Cl. The highest BCUT2D eigenvalue weighted by atomic mass is 35.5. The van der Waals surface area contributed by atoms with Crippen molar-refractivity contribution >= 4 is 46.9 Å². The lowest BCUT2D eigenvalue weighted by atomic mass is 9.94. The summed E-state index contributed by atoms with van der Waals surface area (Å²) in [6, 6.07) is 0. The Balaban J connectivity index is 0.00000242. The summed E-state index contributed by atoms with van der Waals surface area (Å²) in [5.74, 6) is 0.793. The second-order valence-corrected chi connectivity index (χ2v) is 7.44. The average molecular weight is 387 g/mol. The molecule has 1 aromatic rings. The van der Waals surface area contributed by atoms with Crippen LogP contribution in [-0.2, 0) is 0 Å². The Labute approximate surface area is 154 Å². The predicted octanol–water partition coefficient (Wildman–Crippen LogP) is 6.15. The molecule has 6 heteroatoms. The fourth-order valence-corrected chi connectivity index (χ4v) is 4.08. The van der Waals surface area contributed by atoms with Gasteiger partial charge in [-0.05, 0) is 51.2 Å². The largest absolute Gasteiger partial charge is 0.483 e. The molecular weight excluding hydrogens is 361 g/mol. The molecule has 0 spiro atoms. The highest BCUT2D eigenvalue weighted by Gasteiger charge is 2.19. The topological polar surface area (TPSA) is 12.5 Å². The highest BCUT2D eigenvalue weighted by molar-refractivity contribution is 7.13. The first kappa shape index (κ1) is 20.4. The Hall–Kier alpha value is 0.330. The van der Waals surface area contributed by atoms with E-state index in [0.29, 0.717) is 10.0 Å². The zero-order chi connectivity index (χ0) is 15.1. The van der Waals surface area contributed by atoms with Crippen LogP contribution in [-0.4, -0.2) is 31.1 Å². The minimum Gasteiger partial charge on any atom is -0.483 e. The molecule has 1 aromatic heterocycles. The molecule has 0 unspecified atom stereocenters. The summed E-state index contributed by atoms with van der Waals surface area (Å²) in [7, 11) is 0. The summed E-state index contributed by atoms with van der Waals surface area (Å²) in [4.78, 5) is 2.61. The maximum absolute atomic E-state index is 6.06. The smallest absolute Gasteiger partial charge is 0.194 e. The number of nitrogens with zero attached hydrogens (tertiary/aromatic N) is 1. The van der Waals surface area contributed by atoms with E-state index < -0.39 is 0 Å². The number of ether oxygens (including phenoxy) is 1. The van der Waals surface area contributed by atoms with E-state index in [1.165, 1.54) is 63.1 Å². The lowest BCUT2D eigenvalue weighted by Gasteiger charge is -2.31. The fraction of sp³-hybridized carbons (Fsp3) is 0.750. The van der Waals surface area contributed by atoms with Crippen molar-refractivity contribution in [1.29, 1.82) is 0 Å². The van der Waals surface area contributed by atoms with E-state index in [1.54, 1.807) is 0 Å². The lowest BCUT2D eigenvalue weighted by molar-refractivity contribution is 0.162. The van der Waals surface area contributed by atoms with E-state index in [1.807, 2.05) is 5.38 Å². The molecule has 0 aliphatic carbocycles. The molecule has 1 saturated heterocycles. The molecule has 128 valence electrons. The minimum absolute atomic E-state index is 0. The van der Waals surface area contributed by atoms with Crippen LogP contribution in [0, 0.1) is 5.92 Å². The number of unbranched alkanes of at least 4 members (excludes halogenated alkanes) is 2. The first-order valence-corrected chi connectivity index (χ1v) is 9.62. The van der Waals surface area contributed by atoms with Gasteiger partial charge in [0.1, 0.15) is 5.02 Å². The molecule has 22 heavy (non-hydrogen) atoms. The van der Waals surface area contributed by atoms with Crippen molar-refractivity contribution in [3.8, 4) is 5.06 Å². The van der Waals surface area contributed by atoms with Gasteiger partial charge in [-0.15, -0.1) is 23.7 Å². The lowest BCUT2D eigenvalue weighted by Crippen LogP contribution is -2.34. The van der Waals surface area contributed by atoms with Crippen LogP contribution in [0.2, 0.25) is 10.0 Å². The van der Waals surface area contributed by atoms with Gasteiger partial charge in [0, 0.05) is 5.38 Å². The van der Waals surface area contributed by atoms with E-state index in [2.05, 4.69) is 11.8 Å². The molecule has 1 fully saturated rings. The molecule has 0 N–H and O–H groups in total. The summed E-state index contributed by atoms with van der Waals surface area (Å²) in [6.45, 7) is 6.79. The molecule has 1 aliphatic heterocycles. The third-order valence-corrected chi connectivity index (χ3v) is 6.10. The molecule has 0 bridgehead atoms. The molecular formula is C16H26Cl3NOS. The average Bonchev–Trinajstić information content (AvgIpc) is 2.81. The van der Waals surface area contributed by atoms with Crippen molar-refractivity contribution in [2.75, 3.05) is 26.2 Å². The van der Waals surface area contributed by atoms with Gasteiger partial charge in [-0.3, -0.25) is 0 Å². The van der Waals surface area contributed by atoms with Crippen molar-refractivity contribution in [1.82, 2.24) is 4.90 Å². The second kappa shape index (κ2) is 11.0. The van der Waals surface area contributed by atoms with Crippen molar-refractivity contribution in [2.45, 2.75) is 45.4 Å². The molecule has 0 aromatic carbocycles. The van der Waals surface area contributed by atoms with Gasteiger partial charge in [-0.2, -0.15) is 0 Å². The Kier molecular flexibility index (Phi) is 10.2. The second-order valence-electron chi connectivity index (χ2n) is 5.81. The van der Waals surface area contributed by atoms with Gasteiger partial charge in [0.05, 0.1) is 11.6 Å². The molecule has 0 radical (unpaired) electrons. The monoisotopic (exact) mass is 385 g/mol. The molecule has 2 nitrogen and oxygen atoms in total. The van der Waals surface area contributed by atoms with E-state index in [9.17, 15) is 0 Å². The van der Waals surface area contributed by atoms with Gasteiger partial charge in [0.15, 0.2) is 5.06 Å². The van der Waals surface area contributed by atoms with Gasteiger partial charge in [-0.25, -0.2) is 0 Å². The van der Waals surface area contributed by atoms with Crippen LogP contribution in [0.5, 0.6) is 5.06 Å². The van der Waals surface area contributed by atoms with Crippen LogP contribution < -0.4 is 4.74 Å². The normalized spacial score (nSPS) is 16.5. The minimum atomic E-state index is 0. The first-order chi connectivity index (χ1) is 10.2. The molecule has 0 atom stereocenters. The summed E-state index contributed by atoms with van der Waals surface area (Å²) >= 11 is 13.5. The van der Waals surface area contributed by atoms with Gasteiger partial charge in [0.2, 0.25) is 0 Å². The molecule has 1 aliphatic rings. The van der Waals surface area contributed by atoms with E-state index in [4.69, 9.17) is 27.9 Å². The number of hydrogen-bond acceptors (Lipinski definition) is 3. The van der Waals surface area contributed by atoms with E-state index in [-0.39, 0.29) is 12.4 Å². The summed E-state index contributed by atoms with van der Waals surface area (Å²) in [5.41, 5.74) is 0. The van der Waals surface area contributed by atoms with Crippen molar-refractivity contribution in [3.63, 3.8) is 0 Å². The first-order valence-electron chi connectivity index (χ1n) is 7.98. The molecule has 0 amide bonds. The number of rotatable bonds is 8. The fourth-order valence-electron chi connectivity index (χ4n) is 2.81. The Bertz CT molecular complexity index is 420. The van der Waals surface area contributed by atoms with Gasteiger partial charge >= 0.3 is 0 Å². The zero-order valence-corrected chi connectivity index (χ0v) is 16.3. The Morgan fingerprint density at radius 3 is 2.59 bits per heavy atom. The summed E-state index contributed by atoms with van der Waals surface area (Å²) in [5, 5.41) is 3.75. The predicted molar refractivity (Wildman–Crippen MR) is 100 cm³/mol. The number of likely N-dealkylation sites (tertiary alicyclic amines) is 1. The number of thiophene rings is 1. The number of hydrogen-bond donors (Lipinski definition) is 0. The summed E-state index contributed by atoms with van der Waals surface area (Å²) < 4.78 is 5.76. The highest BCUT2D eigenvalue weighted by Crippen LogP contribution is 2.38. The van der Waals surface area contributed by atoms with Crippen LogP contribution in [0.25, 0.3) is 0 Å². The standard InChI is InChI=1S/C16H25Cl2NOS.ClH/c1-2-3-4-8-19-9-5-13(6-10-19)7-11-20-16-15(18)14(17)12-21-16;/h12-13H,2-11H2,1H3;1H. The number of piperidine rings is 1. The third-order valence-electron chi connectivity index (χ3n) is 4.20. The van der Waals surface area contributed by atoms with Gasteiger partial charge in [0.25, 0.3) is 0 Å². The molecule has 0 saturated carbocycles. The van der Waals surface area contributed by atoms with Crippen molar-refractivity contribution in [2.24, 2.45) is 5.92 Å². The van der Waals surface area contributed by atoms with Crippen LogP contribution >= 0.6 is 46.9 Å². The van der Waals surface area contributed by atoms with Gasteiger partial charge < -0.3 is 9.64 Å². The maximum atomic E-state index is 6.06. The Morgan fingerprint density at radius 1 is 1.27 bits per heavy atom. The van der Waals surface area contributed by atoms with Crippen LogP contribution in [0.4, 0.5) is 0 Å². The Morgan fingerprint density at radius 2 is 2.00 bits per heavy atom. The zero-order valence-electron chi connectivity index (χ0n) is 13.2. The quantitative estimate of drug-likeness (QED) is 0.497. The molecule has 2 heterocycles. The third kappa shape index (κ3) is 6.45. The van der Waals surface area contributed by atoms with Crippen molar-refractivity contribution < 1.29 is 4.74 Å². The van der Waals surface area contributed by atoms with E-state index >= 15 is 0 Å².